The van der Waals surface area contributed by atoms with Crippen LogP contribution in [0, 0.1) is 11.8 Å². The molecule has 2 saturated heterocycles. The Bertz CT molecular complexity index is 348. The summed E-state index contributed by atoms with van der Waals surface area (Å²) in [4.78, 5) is 0. The molecule has 0 amide bonds. The highest BCUT2D eigenvalue weighted by atomic mass is 31.1. The van der Waals surface area contributed by atoms with Gasteiger partial charge in [0.15, 0.2) is 0 Å². The first-order valence-electron chi connectivity index (χ1n) is 10.8. The molecule has 3 fully saturated rings. The van der Waals surface area contributed by atoms with E-state index in [-0.39, 0.29) is 8.22 Å². The second-order valence-electron chi connectivity index (χ2n) is 8.34. The topological polar surface area (TPSA) is 6.48 Å². The van der Waals surface area contributed by atoms with Gasteiger partial charge in [-0.25, -0.2) is 0 Å². The third-order valence-electron chi connectivity index (χ3n) is 6.45. The van der Waals surface area contributed by atoms with Crippen molar-refractivity contribution in [1.29, 1.82) is 0 Å². The van der Waals surface area contributed by atoms with Gasteiger partial charge in [0.05, 0.1) is 8.22 Å². The number of hydrogen-bond donors (Lipinski definition) is 0. The van der Waals surface area contributed by atoms with E-state index in [0.29, 0.717) is 0 Å². The first-order valence-corrected chi connectivity index (χ1v) is 12.1. The molecule has 0 radical (unpaired) electrons. The minimum Gasteiger partial charge on any atom is -0.267 e. The van der Waals surface area contributed by atoms with Gasteiger partial charge in [0.2, 0.25) is 0 Å². The van der Waals surface area contributed by atoms with Gasteiger partial charge in [-0.2, -0.15) is 0 Å². The lowest BCUT2D eigenvalue weighted by Crippen LogP contribution is -2.34. The molecule has 2 heterocycles. The van der Waals surface area contributed by atoms with Crippen molar-refractivity contribution in [3.8, 4) is 0 Å². The van der Waals surface area contributed by atoms with Crippen molar-refractivity contribution in [2.45, 2.75) is 84.0 Å². The number of hydrogen-bond acceptors (Lipinski definition) is 2. The Morgan fingerprint density at radius 1 is 0.792 bits per heavy atom. The van der Waals surface area contributed by atoms with Gasteiger partial charge in [-0.05, 0) is 49.8 Å². The van der Waals surface area contributed by atoms with Crippen LogP contribution >= 0.6 is 8.22 Å². The van der Waals surface area contributed by atoms with E-state index >= 15 is 0 Å². The van der Waals surface area contributed by atoms with Gasteiger partial charge in [-0.15, -0.1) is 0 Å². The van der Waals surface area contributed by atoms with Gasteiger partial charge >= 0.3 is 0 Å². The van der Waals surface area contributed by atoms with Gasteiger partial charge in [0.25, 0.3) is 0 Å². The van der Waals surface area contributed by atoms with E-state index in [1.54, 1.807) is 0 Å². The summed E-state index contributed by atoms with van der Waals surface area (Å²) in [5.74, 6) is 4.53. The average Bonchev–Trinajstić information content (AvgIpc) is 2.67. The average molecular weight is 351 g/mol. The normalized spacial score (nSPS) is 27.1. The molecule has 1 atom stereocenters. The molecule has 3 heteroatoms. The Morgan fingerprint density at radius 3 is 1.83 bits per heavy atom. The van der Waals surface area contributed by atoms with Crippen LogP contribution in [0.4, 0.5) is 0 Å². The van der Waals surface area contributed by atoms with Crippen molar-refractivity contribution in [3.63, 3.8) is 0 Å². The number of nitrogens with zero attached hydrogens (tertiary/aromatic N) is 2. The summed E-state index contributed by atoms with van der Waals surface area (Å²) >= 11 is 0. The minimum absolute atomic E-state index is 0.159. The van der Waals surface area contributed by atoms with E-state index in [1.165, 1.54) is 103 Å². The second kappa shape index (κ2) is 10.3. The zero-order valence-corrected chi connectivity index (χ0v) is 16.9. The lowest BCUT2D eigenvalue weighted by atomic mass is 9.79. The van der Waals surface area contributed by atoms with Crippen molar-refractivity contribution < 1.29 is 0 Å². The second-order valence-corrected chi connectivity index (χ2v) is 10.4. The third-order valence-corrected chi connectivity index (χ3v) is 8.88. The fourth-order valence-electron chi connectivity index (χ4n) is 4.80. The fraction of sp³-hybridized carbons (Fsp3) is 0.905. The Kier molecular flexibility index (Phi) is 8.09. The van der Waals surface area contributed by atoms with E-state index in [2.05, 4.69) is 28.2 Å². The molecule has 3 aliphatic rings. The van der Waals surface area contributed by atoms with Crippen LogP contribution in [0.1, 0.15) is 84.0 Å². The Hall–Kier alpha value is 0.0900. The summed E-state index contributed by atoms with van der Waals surface area (Å²) < 4.78 is 5.65. The zero-order chi connectivity index (χ0) is 16.6. The van der Waals surface area contributed by atoms with Crippen LogP contribution in [0.25, 0.3) is 0 Å². The molecule has 138 valence electrons. The van der Waals surface area contributed by atoms with Crippen LogP contribution in [0.2, 0.25) is 0 Å². The van der Waals surface area contributed by atoms with Crippen LogP contribution in [-0.2, 0) is 0 Å². The molecular weight excluding hydrogens is 311 g/mol. The summed E-state index contributed by atoms with van der Waals surface area (Å²) in [5, 5.41) is 0. The van der Waals surface area contributed by atoms with Crippen molar-refractivity contribution >= 4 is 8.22 Å². The van der Waals surface area contributed by atoms with E-state index in [4.69, 9.17) is 0 Å². The largest absolute Gasteiger partial charge is 0.267 e. The predicted octanol–water partition coefficient (Wildman–Crippen LogP) is 6.39. The molecule has 0 N–H and O–H groups in total. The predicted molar refractivity (Wildman–Crippen MR) is 107 cm³/mol. The standard InChI is InChI=1S/C21H39N2P/c1-20(21-13-5-2-6-14-21)12-11-19-24(22-15-7-3-8-16-22)23-17-9-4-10-18-23/h11,19-21H,2-10,12-18H2,1H3. The van der Waals surface area contributed by atoms with E-state index in [9.17, 15) is 0 Å². The van der Waals surface area contributed by atoms with E-state index < -0.39 is 0 Å². The summed E-state index contributed by atoms with van der Waals surface area (Å²) in [6.45, 7) is 7.86. The van der Waals surface area contributed by atoms with Crippen molar-refractivity contribution in [2.75, 3.05) is 26.2 Å². The maximum absolute atomic E-state index is 2.83. The smallest absolute Gasteiger partial charge is 0.0644 e. The van der Waals surface area contributed by atoms with Gasteiger partial charge in [0, 0.05) is 26.2 Å². The van der Waals surface area contributed by atoms with Crippen molar-refractivity contribution in [3.05, 3.63) is 11.9 Å². The lowest BCUT2D eigenvalue weighted by Gasteiger charge is -2.41. The molecule has 0 aromatic heterocycles. The van der Waals surface area contributed by atoms with Crippen LogP contribution < -0.4 is 0 Å². The highest BCUT2D eigenvalue weighted by Gasteiger charge is 2.26. The molecule has 0 spiro atoms. The van der Waals surface area contributed by atoms with Crippen molar-refractivity contribution in [2.24, 2.45) is 11.8 Å². The number of rotatable bonds is 6. The molecule has 0 aromatic carbocycles. The van der Waals surface area contributed by atoms with Crippen LogP contribution in [0.3, 0.4) is 0 Å². The Morgan fingerprint density at radius 2 is 1.29 bits per heavy atom. The number of allylic oxidation sites excluding steroid dienone is 1. The van der Waals surface area contributed by atoms with E-state index in [1.807, 2.05) is 0 Å². The molecule has 0 aromatic rings. The minimum atomic E-state index is -0.159. The molecule has 1 saturated carbocycles. The van der Waals surface area contributed by atoms with Gasteiger partial charge < -0.3 is 0 Å². The molecule has 24 heavy (non-hydrogen) atoms. The molecule has 3 rings (SSSR count). The Labute approximate surface area is 151 Å². The molecule has 2 aliphatic heterocycles. The van der Waals surface area contributed by atoms with Crippen LogP contribution in [0.15, 0.2) is 11.9 Å². The highest BCUT2D eigenvalue weighted by Crippen LogP contribution is 2.48. The maximum atomic E-state index is 2.83. The fourth-order valence-corrected chi connectivity index (χ4v) is 7.23. The quantitative estimate of drug-likeness (QED) is 0.512. The lowest BCUT2D eigenvalue weighted by molar-refractivity contribution is 0.265. The van der Waals surface area contributed by atoms with Crippen molar-refractivity contribution in [1.82, 2.24) is 9.34 Å². The van der Waals surface area contributed by atoms with Gasteiger partial charge in [0.1, 0.15) is 0 Å². The SMILES string of the molecule is CC(CC=CP(N1CCCCC1)N1CCCCC1)C1CCCCC1. The summed E-state index contributed by atoms with van der Waals surface area (Å²) in [6, 6.07) is 0. The summed E-state index contributed by atoms with van der Waals surface area (Å²) in [7, 11) is -0.159. The first kappa shape index (κ1) is 18.9. The summed E-state index contributed by atoms with van der Waals surface area (Å²) in [6.07, 6.45) is 19.9. The van der Waals surface area contributed by atoms with Gasteiger partial charge in [-0.1, -0.05) is 57.9 Å². The maximum Gasteiger partial charge on any atom is 0.0644 e. The first-order chi connectivity index (χ1) is 11.8. The highest BCUT2D eigenvalue weighted by molar-refractivity contribution is 7.56. The van der Waals surface area contributed by atoms with E-state index in [0.717, 1.165) is 11.8 Å². The molecule has 1 unspecified atom stereocenters. The summed E-state index contributed by atoms with van der Waals surface area (Å²) in [5.41, 5.74) is 0. The Balaban J connectivity index is 1.55. The molecule has 1 aliphatic carbocycles. The molecule has 0 bridgehead atoms. The molecule has 2 nitrogen and oxygen atoms in total. The van der Waals surface area contributed by atoms with Crippen LogP contribution in [0.5, 0.6) is 0 Å². The monoisotopic (exact) mass is 350 g/mol. The third kappa shape index (κ3) is 5.55. The number of piperidine rings is 2. The molecular formula is C21H39N2P. The van der Waals surface area contributed by atoms with Crippen LogP contribution in [-0.4, -0.2) is 35.5 Å². The van der Waals surface area contributed by atoms with Gasteiger partial charge in [-0.3, -0.25) is 9.34 Å². The zero-order valence-electron chi connectivity index (χ0n) is 16.0.